The summed E-state index contributed by atoms with van der Waals surface area (Å²) in [4.78, 5) is 26.1. The number of esters is 1. The fraction of sp³-hybridized carbons (Fsp3) is 0.455. The third-order valence-corrected chi connectivity index (χ3v) is 5.32. The molecule has 20 heavy (non-hydrogen) atoms. The number of aryl methyl sites for hydroxylation is 1. The van der Waals surface area contributed by atoms with E-state index in [1.54, 1.807) is 13.0 Å². The maximum atomic E-state index is 12.0. The molecular formula is C11H14N2O5S2. The van der Waals surface area contributed by atoms with E-state index in [-0.39, 0.29) is 23.7 Å². The number of amides is 1. The Labute approximate surface area is 120 Å². The van der Waals surface area contributed by atoms with Gasteiger partial charge >= 0.3 is 5.97 Å². The molecule has 1 aromatic heterocycles. The summed E-state index contributed by atoms with van der Waals surface area (Å²) >= 11 is 1.20. The number of hydrogen-bond acceptors (Lipinski definition) is 6. The number of nitrogens with two attached hydrogens (primary N) is 1. The second-order valence-corrected chi connectivity index (χ2v) is 7.58. The Bertz CT molecular complexity index is 664. The molecule has 1 atom stereocenters. The molecule has 1 amide bonds. The minimum Gasteiger partial charge on any atom is -0.465 e. The summed E-state index contributed by atoms with van der Waals surface area (Å²) in [6.07, 6.45) is -0.172. The van der Waals surface area contributed by atoms with Crippen molar-refractivity contribution < 1.29 is 22.7 Å². The third-order valence-electron chi connectivity index (χ3n) is 3.05. The maximum Gasteiger partial charge on any atom is 0.350 e. The molecule has 0 saturated carbocycles. The average Bonchev–Trinajstić information content (AvgIpc) is 2.90. The highest BCUT2D eigenvalue weighted by Gasteiger charge is 2.39. The minimum absolute atomic E-state index is 0.0438. The molecule has 2 N–H and O–H groups in total. The Balaban J connectivity index is 2.38. The van der Waals surface area contributed by atoms with Crippen LogP contribution < -0.4 is 10.0 Å². The summed E-state index contributed by atoms with van der Waals surface area (Å²) in [5, 5.41) is 4.13. The number of nitrogens with zero attached hydrogens (tertiary/aromatic N) is 1. The van der Waals surface area contributed by atoms with Crippen molar-refractivity contribution in [2.24, 2.45) is 5.14 Å². The van der Waals surface area contributed by atoms with Gasteiger partial charge in [0.25, 0.3) is 0 Å². The number of carbonyl (C=O) groups is 2. The van der Waals surface area contributed by atoms with Crippen LogP contribution in [0.4, 0.5) is 5.69 Å². The molecule has 0 bridgehead atoms. The number of rotatable bonds is 3. The zero-order valence-electron chi connectivity index (χ0n) is 11.0. The van der Waals surface area contributed by atoms with Crippen LogP contribution in [0, 0.1) is 6.92 Å². The van der Waals surface area contributed by atoms with Crippen molar-refractivity contribution in [2.75, 3.05) is 18.6 Å². The van der Waals surface area contributed by atoms with Gasteiger partial charge in [-0.1, -0.05) is 0 Å². The highest BCUT2D eigenvalue weighted by molar-refractivity contribution is 7.89. The topological polar surface area (TPSA) is 107 Å². The van der Waals surface area contributed by atoms with Crippen molar-refractivity contribution in [3.63, 3.8) is 0 Å². The lowest BCUT2D eigenvalue weighted by molar-refractivity contribution is -0.117. The number of hydrogen-bond donors (Lipinski definition) is 1. The van der Waals surface area contributed by atoms with Crippen molar-refractivity contribution in [1.82, 2.24) is 0 Å². The first-order valence-electron chi connectivity index (χ1n) is 5.74. The van der Waals surface area contributed by atoms with Crippen LogP contribution >= 0.6 is 11.3 Å². The lowest BCUT2D eigenvalue weighted by atomic mass is 10.3. The highest BCUT2D eigenvalue weighted by Crippen LogP contribution is 2.34. The van der Waals surface area contributed by atoms with Gasteiger partial charge in [-0.15, -0.1) is 11.3 Å². The predicted molar refractivity (Wildman–Crippen MR) is 74.3 cm³/mol. The van der Waals surface area contributed by atoms with Crippen LogP contribution in [0.1, 0.15) is 21.0 Å². The van der Waals surface area contributed by atoms with Gasteiger partial charge < -0.3 is 9.64 Å². The van der Waals surface area contributed by atoms with Crippen molar-refractivity contribution >= 4 is 38.9 Å². The molecule has 1 fully saturated rings. The summed E-state index contributed by atoms with van der Waals surface area (Å²) in [5.74, 6) is -0.920. The van der Waals surface area contributed by atoms with E-state index in [2.05, 4.69) is 4.74 Å². The quantitative estimate of drug-likeness (QED) is 0.803. The monoisotopic (exact) mass is 318 g/mol. The van der Waals surface area contributed by atoms with E-state index in [1.165, 1.54) is 23.3 Å². The Hall–Kier alpha value is -1.45. The van der Waals surface area contributed by atoms with E-state index in [4.69, 9.17) is 5.14 Å². The first-order chi connectivity index (χ1) is 9.24. The molecule has 7 nitrogen and oxygen atoms in total. The fourth-order valence-electron chi connectivity index (χ4n) is 2.07. The summed E-state index contributed by atoms with van der Waals surface area (Å²) < 4.78 is 27.4. The average molecular weight is 318 g/mol. The molecule has 9 heteroatoms. The number of sulfonamides is 1. The van der Waals surface area contributed by atoms with Crippen molar-refractivity contribution in [2.45, 2.75) is 18.6 Å². The molecule has 0 spiro atoms. The minimum atomic E-state index is -3.78. The van der Waals surface area contributed by atoms with Gasteiger partial charge in [-0.2, -0.15) is 0 Å². The van der Waals surface area contributed by atoms with Crippen LogP contribution in [-0.4, -0.2) is 39.2 Å². The molecule has 2 rings (SSSR count). The van der Waals surface area contributed by atoms with E-state index >= 15 is 0 Å². The molecule has 110 valence electrons. The van der Waals surface area contributed by atoms with Crippen LogP contribution in [0.5, 0.6) is 0 Å². The summed E-state index contributed by atoms with van der Waals surface area (Å²) in [6.45, 7) is 1.75. The van der Waals surface area contributed by atoms with Crippen LogP contribution in [0.25, 0.3) is 0 Å². The van der Waals surface area contributed by atoms with Crippen LogP contribution in [0.3, 0.4) is 0 Å². The molecule has 1 aliphatic heterocycles. The second-order valence-electron chi connectivity index (χ2n) is 4.48. The number of anilines is 1. The van der Waals surface area contributed by atoms with Gasteiger partial charge in [0.2, 0.25) is 15.9 Å². The SMILES string of the molecule is COC(=O)c1sc(C)cc1N1CC(S(N)(=O)=O)CC1=O. The molecule has 1 saturated heterocycles. The molecular weight excluding hydrogens is 304 g/mol. The summed E-state index contributed by atoms with van der Waals surface area (Å²) in [7, 11) is -2.53. The number of carbonyl (C=O) groups excluding carboxylic acids is 2. The lowest BCUT2D eigenvalue weighted by Crippen LogP contribution is -2.32. The largest absolute Gasteiger partial charge is 0.465 e. The Morgan fingerprint density at radius 3 is 2.70 bits per heavy atom. The number of primary sulfonamides is 1. The smallest absolute Gasteiger partial charge is 0.350 e. The van der Waals surface area contributed by atoms with Gasteiger partial charge in [-0.3, -0.25) is 4.79 Å². The first-order valence-corrected chi connectivity index (χ1v) is 8.17. The number of ether oxygens (including phenoxy) is 1. The molecule has 2 heterocycles. The highest BCUT2D eigenvalue weighted by atomic mass is 32.2. The predicted octanol–water partition coefficient (Wildman–Crippen LogP) is 0.237. The van der Waals surface area contributed by atoms with Crippen molar-refractivity contribution in [3.05, 3.63) is 15.8 Å². The molecule has 1 unspecified atom stereocenters. The summed E-state index contributed by atoms with van der Waals surface area (Å²) in [6, 6.07) is 1.67. The van der Waals surface area contributed by atoms with Crippen molar-refractivity contribution in [1.29, 1.82) is 0 Å². The van der Waals surface area contributed by atoms with Crippen LogP contribution in [-0.2, 0) is 19.6 Å². The Morgan fingerprint density at radius 2 is 2.20 bits per heavy atom. The summed E-state index contributed by atoms with van der Waals surface area (Å²) in [5.41, 5.74) is 0.385. The number of methoxy groups -OCH3 is 1. The molecule has 1 aliphatic rings. The van der Waals surface area contributed by atoms with E-state index in [1.807, 2.05) is 0 Å². The zero-order valence-corrected chi connectivity index (χ0v) is 12.6. The van der Waals surface area contributed by atoms with Crippen LogP contribution in [0.2, 0.25) is 0 Å². The van der Waals surface area contributed by atoms with E-state index in [0.717, 1.165) is 4.88 Å². The van der Waals surface area contributed by atoms with Gasteiger partial charge in [0.05, 0.1) is 12.8 Å². The van der Waals surface area contributed by atoms with Crippen LogP contribution in [0.15, 0.2) is 6.07 Å². The van der Waals surface area contributed by atoms with Gasteiger partial charge in [0.15, 0.2) is 0 Å². The normalized spacial score (nSPS) is 19.4. The van der Waals surface area contributed by atoms with Gasteiger partial charge in [0.1, 0.15) is 10.1 Å². The third kappa shape index (κ3) is 2.69. The van der Waals surface area contributed by atoms with Gasteiger partial charge in [0, 0.05) is 17.8 Å². The second kappa shape index (κ2) is 5.15. The Kier molecular flexibility index (Phi) is 3.85. The van der Waals surface area contributed by atoms with E-state index < -0.39 is 21.2 Å². The fourth-order valence-corrected chi connectivity index (χ4v) is 3.73. The molecule has 0 aliphatic carbocycles. The van der Waals surface area contributed by atoms with Crippen molar-refractivity contribution in [3.8, 4) is 0 Å². The lowest BCUT2D eigenvalue weighted by Gasteiger charge is -2.16. The standard InChI is InChI=1S/C11H14N2O5S2/c1-6-3-8(10(19-6)11(15)18-2)13-5-7(4-9(13)14)20(12,16)17/h3,7H,4-5H2,1-2H3,(H2,12,16,17). The molecule has 1 aromatic rings. The number of thiophene rings is 1. The maximum absolute atomic E-state index is 12.0. The first kappa shape index (κ1) is 14.9. The van der Waals surface area contributed by atoms with Gasteiger partial charge in [-0.25, -0.2) is 18.4 Å². The van der Waals surface area contributed by atoms with Gasteiger partial charge in [-0.05, 0) is 13.0 Å². The molecule has 0 radical (unpaired) electrons. The van der Waals surface area contributed by atoms with E-state index in [0.29, 0.717) is 5.69 Å². The zero-order chi connectivity index (χ0) is 15.1. The molecule has 0 aromatic carbocycles. The Morgan fingerprint density at radius 1 is 1.55 bits per heavy atom. The van der Waals surface area contributed by atoms with E-state index in [9.17, 15) is 18.0 Å².